The number of anilines is 3. The van der Waals surface area contributed by atoms with E-state index >= 15 is 0 Å². The highest BCUT2D eigenvalue weighted by Crippen LogP contribution is 2.42. The largest absolute Gasteiger partial charge is 0.507 e. The number of rotatable bonds is 4. The highest BCUT2D eigenvalue weighted by molar-refractivity contribution is 6.34. The van der Waals surface area contributed by atoms with Crippen molar-refractivity contribution in [3.8, 4) is 28.0 Å². The number of carbonyl (C=O) groups is 2. The Labute approximate surface area is 249 Å². The lowest BCUT2D eigenvalue weighted by molar-refractivity contribution is 0.0240. The molecule has 0 aliphatic carbocycles. The van der Waals surface area contributed by atoms with E-state index in [1.54, 1.807) is 46.0 Å². The molecule has 0 spiro atoms. The minimum atomic E-state index is -0.583. The molecule has 0 radical (unpaired) electrons. The van der Waals surface area contributed by atoms with Crippen LogP contribution in [0.1, 0.15) is 20.8 Å². The maximum atomic E-state index is 15.0. The summed E-state index contributed by atoms with van der Waals surface area (Å²) in [5, 5.41) is 11.6. The van der Waals surface area contributed by atoms with Crippen LogP contribution in [0.4, 0.5) is 31.2 Å². The summed E-state index contributed by atoms with van der Waals surface area (Å²) in [5.41, 5.74) is 8.25. The molecule has 3 amide bonds. The second-order valence-corrected chi connectivity index (χ2v) is 11.9. The van der Waals surface area contributed by atoms with Crippen molar-refractivity contribution in [3.63, 3.8) is 0 Å². The molecule has 2 aliphatic rings. The normalized spacial score (nSPS) is 15.9. The van der Waals surface area contributed by atoms with Crippen molar-refractivity contribution in [2.45, 2.75) is 26.4 Å². The molecular formula is C30H34ClFN6O4. The number of nitrogen functional groups attached to an aromatic ring is 1. The number of pyridine rings is 1. The van der Waals surface area contributed by atoms with Gasteiger partial charge < -0.3 is 30.3 Å². The molecule has 2 saturated heterocycles. The Balaban J connectivity index is 1.41. The minimum absolute atomic E-state index is 0.149. The second-order valence-electron chi connectivity index (χ2n) is 11.5. The number of piperazine rings is 1. The van der Waals surface area contributed by atoms with Crippen molar-refractivity contribution in [2.75, 3.05) is 61.8 Å². The summed E-state index contributed by atoms with van der Waals surface area (Å²) in [4.78, 5) is 36.1. The summed E-state index contributed by atoms with van der Waals surface area (Å²) in [5.74, 6) is -0.423. The number of benzene rings is 2. The molecule has 5 rings (SSSR count). The molecule has 3 heterocycles. The third kappa shape index (κ3) is 5.87. The first-order valence-electron chi connectivity index (χ1n) is 13.7. The van der Waals surface area contributed by atoms with Gasteiger partial charge in [0.05, 0.1) is 16.4 Å². The maximum absolute atomic E-state index is 15.0. The lowest BCUT2D eigenvalue weighted by Crippen LogP contribution is -2.50. The highest BCUT2D eigenvalue weighted by Gasteiger charge is 2.29. The summed E-state index contributed by atoms with van der Waals surface area (Å²) in [6, 6.07) is 9.08. The first kappa shape index (κ1) is 29.2. The molecule has 1 aromatic heterocycles. The van der Waals surface area contributed by atoms with E-state index in [0.717, 1.165) is 0 Å². The van der Waals surface area contributed by atoms with Gasteiger partial charge in [-0.3, -0.25) is 4.90 Å². The Morgan fingerprint density at radius 1 is 1.00 bits per heavy atom. The first-order chi connectivity index (χ1) is 19.8. The monoisotopic (exact) mass is 596 g/mol. The van der Waals surface area contributed by atoms with E-state index in [4.69, 9.17) is 22.1 Å². The number of likely N-dealkylation sites (N-methyl/N-ethyl adjacent to an activating group) is 1. The molecule has 0 bridgehead atoms. The van der Waals surface area contributed by atoms with Gasteiger partial charge in [-0.05, 0) is 56.7 Å². The summed E-state index contributed by atoms with van der Waals surface area (Å²) in [6.07, 6.45) is 1.12. The van der Waals surface area contributed by atoms with Gasteiger partial charge in [0.15, 0.2) is 0 Å². The molecule has 2 fully saturated rings. The molecule has 0 saturated carbocycles. The van der Waals surface area contributed by atoms with Crippen LogP contribution in [-0.2, 0) is 4.74 Å². The number of urea groups is 1. The van der Waals surface area contributed by atoms with Gasteiger partial charge in [-0.25, -0.2) is 19.0 Å². The van der Waals surface area contributed by atoms with Crippen LogP contribution in [0.25, 0.3) is 22.3 Å². The van der Waals surface area contributed by atoms with E-state index in [0.29, 0.717) is 66.8 Å². The minimum Gasteiger partial charge on any atom is -0.507 e. The fourth-order valence-electron chi connectivity index (χ4n) is 5.12. The van der Waals surface area contributed by atoms with E-state index < -0.39 is 11.4 Å². The predicted octanol–water partition coefficient (Wildman–Crippen LogP) is 5.42. The maximum Gasteiger partial charge on any atom is 0.410 e. The number of ether oxygens (including phenoxy) is 1. The Bertz CT molecular complexity index is 1540. The fourth-order valence-corrected chi connectivity index (χ4v) is 5.41. The van der Waals surface area contributed by atoms with Gasteiger partial charge in [-0.1, -0.05) is 17.7 Å². The number of carbonyl (C=O) groups excluding carboxylic acids is 2. The van der Waals surface area contributed by atoms with Crippen LogP contribution in [0, 0.1) is 5.82 Å². The zero-order valence-corrected chi connectivity index (χ0v) is 24.8. The molecule has 0 unspecified atom stereocenters. The van der Waals surface area contributed by atoms with Crippen LogP contribution < -0.4 is 15.5 Å². The standard InChI is InChI=1S/C30H34ClFN6O4/c1-30(2,3)42-29(41)37-10-8-36(9-11-37)25-14-19(17-34-27(25)33)22-16-20(32)15-21(26(22)39)18-5-6-24(23(31)13-18)38-12-7-35(4)28(38)40/h5-6,13-17,39H,7-12H2,1-4H3,(H2,33,34). The van der Waals surface area contributed by atoms with E-state index in [1.165, 1.54) is 18.3 Å². The van der Waals surface area contributed by atoms with Gasteiger partial charge in [0, 0.05) is 69.2 Å². The third-order valence-corrected chi connectivity index (χ3v) is 7.62. The number of hydrogen-bond donors (Lipinski definition) is 2. The molecular weight excluding hydrogens is 563 g/mol. The van der Waals surface area contributed by atoms with Gasteiger partial charge >= 0.3 is 12.1 Å². The van der Waals surface area contributed by atoms with E-state index in [2.05, 4.69) is 4.98 Å². The summed E-state index contributed by atoms with van der Waals surface area (Å²) >= 11 is 6.56. The van der Waals surface area contributed by atoms with E-state index in [1.807, 2.05) is 25.7 Å². The number of aromatic hydroxyl groups is 1. The van der Waals surface area contributed by atoms with Gasteiger partial charge in [0.1, 0.15) is 23.0 Å². The van der Waals surface area contributed by atoms with Crippen molar-refractivity contribution < 1.29 is 23.8 Å². The van der Waals surface area contributed by atoms with Crippen molar-refractivity contribution in [1.29, 1.82) is 0 Å². The fraction of sp³-hybridized carbons (Fsp3) is 0.367. The zero-order chi connectivity index (χ0) is 30.3. The van der Waals surface area contributed by atoms with Crippen LogP contribution in [0.2, 0.25) is 5.02 Å². The number of hydrogen-bond acceptors (Lipinski definition) is 7. The number of halogens is 2. The Hall–Kier alpha value is -4.25. The molecule has 2 aliphatic heterocycles. The number of amides is 3. The number of nitrogens with zero attached hydrogens (tertiary/aromatic N) is 5. The van der Waals surface area contributed by atoms with Crippen LogP contribution in [0.5, 0.6) is 5.75 Å². The Morgan fingerprint density at radius 2 is 1.67 bits per heavy atom. The lowest BCUT2D eigenvalue weighted by Gasteiger charge is -2.37. The van der Waals surface area contributed by atoms with Gasteiger partial charge in [-0.2, -0.15) is 0 Å². The smallest absolute Gasteiger partial charge is 0.410 e. The number of phenolic OH excluding ortho intramolecular Hbond substituents is 1. The third-order valence-electron chi connectivity index (χ3n) is 7.32. The SMILES string of the molecule is CN1CCN(c2ccc(-c3cc(F)cc(-c4cnc(N)c(N5CCN(C(=O)OC(C)(C)C)CC5)c4)c3O)cc2Cl)C1=O. The van der Waals surface area contributed by atoms with Crippen LogP contribution >= 0.6 is 11.6 Å². The van der Waals surface area contributed by atoms with Crippen molar-refractivity contribution in [2.24, 2.45) is 0 Å². The molecule has 2 aromatic carbocycles. The van der Waals surface area contributed by atoms with Crippen LogP contribution in [0.3, 0.4) is 0 Å². The lowest BCUT2D eigenvalue weighted by atomic mass is 9.97. The van der Waals surface area contributed by atoms with Crippen LogP contribution in [-0.4, -0.2) is 83.9 Å². The molecule has 3 aromatic rings. The first-order valence-corrected chi connectivity index (χ1v) is 14.0. The molecule has 42 heavy (non-hydrogen) atoms. The molecule has 3 N–H and O–H groups in total. The summed E-state index contributed by atoms with van der Waals surface area (Å²) in [7, 11) is 1.72. The number of aromatic nitrogens is 1. The van der Waals surface area contributed by atoms with Crippen LogP contribution in [0.15, 0.2) is 42.6 Å². The predicted molar refractivity (Wildman–Crippen MR) is 162 cm³/mol. The summed E-state index contributed by atoms with van der Waals surface area (Å²) in [6.45, 7) is 8.43. The zero-order valence-electron chi connectivity index (χ0n) is 24.0. The highest BCUT2D eigenvalue weighted by atomic mass is 35.5. The second kappa shape index (κ2) is 11.2. The van der Waals surface area contributed by atoms with Crippen molar-refractivity contribution in [1.82, 2.24) is 14.8 Å². The summed E-state index contributed by atoms with van der Waals surface area (Å²) < 4.78 is 20.4. The van der Waals surface area contributed by atoms with E-state index in [9.17, 15) is 19.1 Å². The van der Waals surface area contributed by atoms with Gasteiger partial charge in [-0.15, -0.1) is 0 Å². The Kier molecular flexibility index (Phi) is 7.80. The van der Waals surface area contributed by atoms with Crippen molar-refractivity contribution >= 4 is 40.9 Å². The Morgan fingerprint density at radius 3 is 2.26 bits per heavy atom. The quantitative estimate of drug-likeness (QED) is 0.413. The number of phenols is 1. The van der Waals surface area contributed by atoms with Gasteiger partial charge in [0.25, 0.3) is 0 Å². The average molecular weight is 597 g/mol. The van der Waals surface area contributed by atoms with Gasteiger partial charge in [0.2, 0.25) is 0 Å². The van der Waals surface area contributed by atoms with Crippen molar-refractivity contribution in [3.05, 3.63) is 53.4 Å². The molecule has 10 nitrogen and oxygen atoms in total. The number of nitrogens with two attached hydrogens (primary N) is 1. The average Bonchev–Trinajstić information content (AvgIpc) is 3.26. The molecule has 12 heteroatoms. The molecule has 0 atom stereocenters. The topological polar surface area (TPSA) is 115 Å². The molecule has 222 valence electrons. The van der Waals surface area contributed by atoms with E-state index in [-0.39, 0.29) is 34.8 Å².